The van der Waals surface area contributed by atoms with Crippen LogP contribution >= 0.6 is 0 Å². The minimum absolute atomic E-state index is 0.0304. The summed E-state index contributed by atoms with van der Waals surface area (Å²) in [6.07, 6.45) is 0. The quantitative estimate of drug-likeness (QED) is 0.687. The minimum Gasteiger partial charge on any atom is -0.486 e. The van der Waals surface area contributed by atoms with Crippen molar-refractivity contribution in [2.24, 2.45) is 5.92 Å². The van der Waals surface area contributed by atoms with Crippen LogP contribution in [0.25, 0.3) is 0 Å². The monoisotopic (exact) mass is 406 g/mol. The first-order chi connectivity index (χ1) is 12.2. The van der Waals surface area contributed by atoms with Crippen molar-refractivity contribution in [1.29, 1.82) is 0 Å². The van der Waals surface area contributed by atoms with Crippen molar-refractivity contribution >= 4 is 20.0 Å². The zero-order chi connectivity index (χ0) is 18.9. The van der Waals surface area contributed by atoms with E-state index < -0.39 is 32.0 Å². The first kappa shape index (κ1) is 19.4. The molecule has 11 heteroatoms. The van der Waals surface area contributed by atoms with Crippen molar-refractivity contribution in [3.05, 3.63) is 18.2 Å². The molecule has 0 aromatic heterocycles. The van der Waals surface area contributed by atoms with Crippen molar-refractivity contribution in [3.63, 3.8) is 0 Å². The number of hydrogen-bond acceptors (Lipinski definition) is 7. The van der Waals surface area contributed by atoms with Gasteiger partial charge in [0.2, 0.25) is 20.0 Å². The Morgan fingerprint density at radius 2 is 1.77 bits per heavy atom. The molecule has 2 heterocycles. The summed E-state index contributed by atoms with van der Waals surface area (Å²) in [6.45, 7) is 1.07. The van der Waals surface area contributed by atoms with Gasteiger partial charge in [-0.3, -0.25) is 0 Å². The van der Waals surface area contributed by atoms with Crippen LogP contribution in [0.15, 0.2) is 23.1 Å². The highest BCUT2D eigenvalue weighted by Crippen LogP contribution is 2.32. The predicted molar refractivity (Wildman–Crippen MR) is 93.3 cm³/mol. The minimum atomic E-state index is -3.86. The molecule has 0 saturated carbocycles. The molecule has 0 spiro atoms. The van der Waals surface area contributed by atoms with Crippen molar-refractivity contribution in [2.75, 3.05) is 46.3 Å². The van der Waals surface area contributed by atoms with Gasteiger partial charge < -0.3 is 14.2 Å². The van der Waals surface area contributed by atoms with Crippen LogP contribution in [-0.2, 0) is 24.8 Å². The van der Waals surface area contributed by atoms with Crippen molar-refractivity contribution in [1.82, 2.24) is 9.03 Å². The van der Waals surface area contributed by atoms with E-state index >= 15 is 0 Å². The molecule has 2 aliphatic rings. The topological polar surface area (TPSA) is 111 Å². The van der Waals surface area contributed by atoms with Crippen LogP contribution in [0.2, 0.25) is 0 Å². The fourth-order valence-electron chi connectivity index (χ4n) is 2.77. The van der Waals surface area contributed by atoms with Gasteiger partial charge in [-0.2, -0.15) is 0 Å². The molecule has 2 aliphatic heterocycles. The van der Waals surface area contributed by atoms with Crippen LogP contribution in [0.5, 0.6) is 11.5 Å². The molecule has 146 valence electrons. The molecule has 2 atom stereocenters. The molecule has 1 aromatic carbocycles. The molecule has 0 amide bonds. The van der Waals surface area contributed by atoms with Crippen LogP contribution in [0, 0.1) is 5.92 Å². The Labute approximate surface area is 153 Å². The van der Waals surface area contributed by atoms with E-state index in [2.05, 4.69) is 4.72 Å². The summed E-state index contributed by atoms with van der Waals surface area (Å²) in [5.41, 5.74) is 0. The number of sulfonamides is 2. The first-order valence-electron chi connectivity index (χ1n) is 8.09. The predicted octanol–water partition coefficient (Wildman–Crippen LogP) is -0.357. The molecule has 9 nitrogen and oxygen atoms in total. The van der Waals surface area contributed by atoms with Crippen LogP contribution < -0.4 is 14.2 Å². The number of hydrogen-bond donors (Lipinski definition) is 1. The summed E-state index contributed by atoms with van der Waals surface area (Å²) < 4.78 is 69.4. The number of ether oxygens (including phenoxy) is 3. The lowest BCUT2D eigenvalue weighted by atomic mass is 10.1. The molecule has 1 fully saturated rings. The van der Waals surface area contributed by atoms with E-state index in [-0.39, 0.29) is 23.9 Å². The molecular weight excluding hydrogens is 384 g/mol. The third-order valence-electron chi connectivity index (χ3n) is 4.31. The van der Waals surface area contributed by atoms with E-state index in [1.165, 1.54) is 26.2 Å². The van der Waals surface area contributed by atoms with Crippen molar-refractivity contribution in [3.8, 4) is 11.5 Å². The van der Waals surface area contributed by atoms with Gasteiger partial charge in [0.1, 0.15) is 13.2 Å². The maximum Gasteiger partial charge on any atom is 0.241 e. The zero-order valence-corrected chi connectivity index (χ0v) is 16.2. The summed E-state index contributed by atoms with van der Waals surface area (Å²) in [4.78, 5) is 0.0304. The maximum absolute atomic E-state index is 12.7. The second-order valence-electron chi connectivity index (χ2n) is 6.39. The van der Waals surface area contributed by atoms with E-state index in [9.17, 15) is 16.8 Å². The molecule has 0 bridgehead atoms. The second-order valence-corrected chi connectivity index (χ2v) is 10.3. The standard InChI is InChI=1S/C15H22N2O7S2/c1-17(2)25(18,19)10-11-8-22-9-13(11)16-26(20,21)12-3-4-14-15(7-12)24-6-5-23-14/h3-4,7,11,13,16H,5-6,8-10H2,1-2H3/t11-,13+/m0/s1. The molecular formula is C15H22N2O7S2. The molecule has 0 aliphatic carbocycles. The summed E-state index contributed by atoms with van der Waals surface area (Å²) in [6, 6.07) is 3.75. The summed E-state index contributed by atoms with van der Waals surface area (Å²) >= 11 is 0. The molecule has 0 unspecified atom stereocenters. The lowest BCUT2D eigenvalue weighted by Crippen LogP contribution is -2.43. The van der Waals surface area contributed by atoms with Gasteiger partial charge in [0, 0.05) is 26.1 Å². The smallest absolute Gasteiger partial charge is 0.241 e. The van der Waals surface area contributed by atoms with E-state index in [0.29, 0.717) is 24.7 Å². The van der Waals surface area contributed by atoms with Crippen LogP contribution in [0.4, 0.5) is 0 Å². The Hall–Kier alpha value is -1.40. The molecule has 3 rings (SSSR count). The number of nitrogens with zero attached hydrogens (tertiary/aromatic N) is 1. The van der Waals surface area contributed by atoms with Crippen molar-refractivity contribution < 1.29 is 31.0 Å². The number of rotatable bonds is 6. The van der Waals surface area contributed by atoms with Gasteiger partial charge in [-0.15, -0.1) is 0 Å². The third-order valence-corrected chi connectivity index (χ3v) is 7.76. The molecule has 0 radical (unpaired) electrons. The normalized spacial score (nSPS) is 23.3. The average Bonchev–Trinajstić information content (AvgIpc) is 2.99. The van der Waals surface area contributed by atoms with Crippen LogP contribution in [0.3, 0.4) is 0 Å². The highest BCUT2D eigenvalue weighted by atomic mass is 32.2. The highest BCUT2D eigenvalue weighted by Gasteiger charge is 2.36. The van der Waals surface area contributed by atoms with Gasteiger partial charge >= 0.3 is 0 Å². The highest BCUT2D eigenvalue weighted by molar-refractivity contribution is 7.89. The number of fused-ring (bicyclic) bond motifs is 1. The largest absolute Gasteiger partial charge is 0.486 e. The molecule has 1 saturated heterocycles. The van der Waals surface area contributed by atoms with Gasteiger partial charge in [-0.25, -0.2) is 25.9 Å². The van der Waals surface area contributed by atoms with E-state index in [1.54, 1.807) is 6.07 Å². The fourth-order valence-corrected chi connectivity index (χ4v) is 5.24. The molecule has 1 aromatic rings. The van der Waals surface area contributed by atoms with Gasteiger partial charge in [0.25, 0.3) is 0 Å². The van der Waals surface area contributed by atoms with Crippen LogP contribution in [-0.4, -0.2) is 73.5 Å². The van der Waals surface area contributed by atoms with Gasteiger partial charge in [0.15, 0.2) is 11.5 Å². The SMILES string of the molecule is CN(C)S(=O)(=O)C[C@@H]1COC[C@H]1NS(=O)(=O)c1ccc2c(c1)OCCO2. The number of nitrogens with one attached hydrogen (secondary N) is 1. The molecule has 1 N–H and O–H groups in total. The van der Waals surface area contributed by atoms with E-state index in [0.717, 1.165) is 4.31 Å². The Morgan fingerprint density at radius 1 is 1.08 bits per heavy atom. The first-order valence-corrected chi connectivity index (χ1v) is 11.2. The maximum atomic E-state index is 12.7. The van der Waals surface area contributed by atoms with Gasteiger partial charge in [0.05, 0.1) is 29.9 Å². The Morgan fingerprint density at radius 3 is 2.46 bits per heavy atom. The number of benzene rings is 1. The van der Waals surface area contributed by atoms with E-state index in [1.807, 2.05) is 0 Å². The Bertz CT molecular complexity index is 868. The second kappa shape index (κ2) is 7.31. The summed E-state index contributed by atoms with van der Waals surface area (Å²) in [5, 5.41) is 0. The Kier molecular flexibility index (Phi) is 5.45. The zero-order valence-electron chi connectivity index (χ0n) is 14.5. The lowest BCUT2D eigenvalue weighted by molar-refractivity contribution is 0.171. The van der Waals surface area contributed by atoms with Gasteiger partial charge in [-0.1, -0.05) is 0 Å². The third kappa shape index (κ3) is 4.12. The molecule has 26 heavy (non-hydrogen) atoms. The summed E-state index contributed by atoms with van der Waals surface area (Å²) in [5.74, 6) is 0.214. The average molecular weight is 406 g/mol. The van der Waals surface area contributed by atoms with E-state index in [4.69, 9.17) is 14.2 Å². The Balaban J connectivity index is 1.76. The van der Waals surface area contributed by atoms with Crippen LogP contribution in [0.1, 0.15) is 0 Å². The summed E-state index contributed by atoms with van der Waals surface area (Å²) in [7, 11) is -4.44. The fraction of sp³-hybridized carbons (Fsp3) is 0.600. The lowest BCUT2D eigenvalue weighted by Gasteiger charge is -2.22. The van der Waals surface area contributed by atoms with Crippen molar-refractivity contribution in [2.45, 2.75) is 10.9 Å². The van der Waals surface area contributed by atoms with Gasteiger partial charge in [-0.05, 0) is 12.1 Å².